The topological polar surface area (TPSA) is 76.7 Å². The molecule has 0 radical (unpaired) electrons. The number of carbonyl (C=O) groups excluding carboxylic acids is 2. The lowest BCUT2D eigenvalue weighted by Crippen LogP contribution is -2.34. The highest BCUT2D eigenvalue weighted by Crippen LogP contribution is 2.25. The van der Waals surface area contributed by atoms with Crippen LogP contribution in [0.15, 0.2) is 46.9 Å². The second-order valence-electron chi connectivity index (χ2n) is 4.79. The molecule has 25 heavy (non-hydrogen) atoms. The van der Waals surface area contributed by atoms with E-state index in [9.17, 15) is 9.59 Å². The number of carbonyl (C=O) groups is 2. The third-order valence-electron chi connectivity index (χ3n) is 3.22. The van der Waals surface area contributed by atoms with E-state index in [-0.39, 0.29) is 5.11 Å². The van der Waals surface area contributed by atoms with Crippen molar-refractivity contribution in [3.8, 4) is 5.75 Å². The van der Waals surface area contributed by atoms with Gasteiger partial charge in [0.05, 0.1) is 29.9 Å². The van der Waals surface area contributed by atoms with Crippen molar-refractivity contribution in [2.45, 2.75) is 0 Å². The third kappa shape index (κ3) is 4.77. The fourth-order valence-electron chi connectivity index (χ4n) is 2.02. The largest absolute Gasteiger partial charge is 0.496 e. The van der Waals surface area contributed by atoms with E-state index in [1.54, 1.807) is 42.5 Å². The fraction of sp³-hybridized carbons (Fsp3) is 0.118. The fourth-order valence-corrected chi connectivity index (χ4v) is 2.76. The highest BCUT2D eigenvalue weighted by atomic mass is 79.9. The molecule has 0 aliphatic carbocycles. The van der Waals surface area contributed by atoms with Crippen LogP contribution < -0.4 is 15.4 Å². The van der Waals surface area contributed by atoms with Crippen LogP contribution in [0.1, 0.15) is 20.7 Å². The second kappa shape index (κ2) is 8.59. The Morgan fingerprint density at radius 1 is 1.12 bits per heavy atom. The maximum absolute atomic E-state index is 12.3. The smallest absolute Gasteiger partial charge is 0.339 e. The van der Waals surface area contributed by atoms with Crippen molar-refractivity contribution in [3.63, 3.8) is 0 Å². The van der Waals surface area contributed by atoms with Gasteiger partial charge in [-0.1, -0.05) is 12.1 Å². The molecule has 2 N–H and O–H groups in total. The number of anilines is 1. The van der Waals surface area contributed by atoms with E-state index >= 15 is 0 Å². The van der Waals surface area contributed by atoms with Gasteiger partial charge in [-0.15, -0.1) is 0 Å². The summed E-state index contributed by atoms with van der Waals surface area (Å²) < 4.78 is 10.5. The van der Waals surface area contributed by atoms with Gasteiger partial charge in [-0.3, -0.25) is 10.1 Å². The molecule has 0 saturated carbocycles. The first-order valence-corrected chi connectivity index (χ1v) is 8.29. The molecule has 0 atom stereocenters. The summed E-state index contributed by atoms with van der Waals surface area (Å²) in [6.45, 7) is 0. The summed E-state index contributed by atoms with van der Waals surface area (Å²) >= 11 is 8.47. The molecule has 2 aromatic carbocycles. The van der Waals surface area contributed by atoms with Gasteiger partial charge in [0, 0.05) is 5.56 Å². The molecule has 6 nitrogen and oxygen atoms in total. The molecule has 1 amide bonds. The van der Waals surface area contributed by atoms with Crippen LogP contribution in [-0.4, -0.2) is 31.2 Å². The number of rotatable bonds is 4. The Labute approximate surface area is 158 Å². The van der Waals surface area contributed by atoms with Gasteiger partial charge in [-0.05, 0) is 58.5 Å². The Morgan fingerprint density at radius 2 is 1.84 bits per heavy atom. The standard InChI is InChI=1S/C17H15BrN2O4S/c1-23-14-8-7-10(9-12(14)18)15(21)20-17(25)19-13-6-4-3-5-11(13)16(22)24-2/h3-9H,1-2H3,(H2,19,20,21,25). The molecule has 0 fully saturated rings. The summed E-state index contributed by atoms with van der Waals surface area (Å²) in [5, 5.41) is 5.45. The Balaban J connectivity index is 2.09. The summed E-state index contributed by atoms with van der Waals surface area (Å²) in [5.74, 6) is -0.281. The van der Waals surface area contributed by atoms with Crippen LogP contribution >= 0.6 is 28.1 Å². The van der Waals surface area contributed by atoms with Crippen molar-refractivity contribution in [1.82, 2.24) is 5.32 Å². The van der Waals surface area contributed by atoms with Crippen LogP contribution in [0.3, 0.4) is 0 Å². The maximum atomic E-state index is 12.3. The minimum atomic E-state index is -0.503. The van der Waals surface area contributed by atoms with Crippen molar-refractivity contribution in [3.05, 3.63) is 58.1 Å². The van der Waals surface area contributed by atoms with E-state index in [2.05, 4.69) is 26.6 Å². The molecular formula is C17H15BrN2O4S. The van der Waals surface area contributed by atoms with Gasteiger partial charge in [0.25, 0.3) is 5.91 Å². The second-order valence-corrected chi connectivity index (χ2v) is 6.06. The first-order valence-electron chi connectivity index (χ1n) is 7.09. The molecule has 0 heterocycles. The summed E-state index contributed by atoms with van der Waals surface area (Å²) in [6.07, 6.45) is 0. The average molecular weight is 423 g/mol. The molecule has 0 bridgehead atoms. The van der Waals surface area contributed by atoms with Gasteiger partial charge in [-0.25, -0.2) is 4.79 Å². The van der Waals surface area contributed by atoms with Crippen LogP contribution in [0.2, 0.25) is 0 Å². The van der Waals surface area contributed by atoms with Gasteiger partial charge in [0.1, 0.15) is 5.75 Å². The summed E-state index contributed by atoms with van der Waals surface area (Å²) in [7, 11) is 2.83. The van der Waals surface area contributed by atoms with Crippen LogP contribution in [0, 0.1) is 0 Å². The first kappa shape index (κ1) is 18.9. The monoisotopic (exact) mass is 422 g/mol. The Hall–Kier alpha value is -2.45. The lowest BCUT2D eigenvalue weighted by molar-refractivity contribution is 0.0602. The van der Waals surface area contributed by atoms with Gasteiger partial charge in [0.2, 0.25) is 0 Å². The third-order valence-corrected chi connectivity index (χ3v) is 4.05. The number of amides is 1. The molecule has 0 aliphatic heterocycles. The number of halogens is 1. The van der Waals surface area contributed by atoms with Gasteiger partial charge in [0.15, 0.2) is 5.11 Å². The molecule has 0 unspecified atom stereocenters. The summed E-state index contributed by atoms with van der Waals surface area (Å²) in [5.41, 5.74) is 1.16. The van der Waals surface area contributed by atoms with Gasteiger partial charge < -0.3 is 14.8 Å². The van der Waals surface area contributed by atoms with Crippen LogP contribution in [-0.2, 0) is 4.74 Å². The highest BCUT2D eigenvalue weighted by molar-refractivity contribution is 9.10. The molecule has 2 aromatic rings. The molecule has 0 aromatic heterocycles. The summed E-state index contributed by atoms with van der Waals surface area (Å²) in [6, 6.07) is 11.6. The zero-order valence-corrected chi connectivity index (χ0v) is 15.9. The van der Waals surface area contributed by atoms with Crippen molar-refractivity contribution >= 4 is 50.8 Å². The molecule has 8 heteroatoms. The van der Waals surface area contributed by atoms with Gasteiger partial charge >= 0.3 is 5.97 Å². The highest BCUT2D eigenvalue weighted by Gasteiger charge is 2.14. The van der Waals surface area contributed by atoms with E-state index in [0.29, 0.717) is 27.0 Å². The lowest BCUT2D eigenvalue weighted by Gasteiger charge is -2.13. The number of hydrogen-bond acceptors (Lipinski definition) is 5. The number of benzene rings is 2. The lowest BCUT2D eigenvalue weighted by atomic mass is 10.2. The number of thiocarbonyl (C=S) groups is 1. The SMILES string of the molecule is COC(=O)c1ccccc1NC(=S)NC(=O)c1ccc(OC)c(Br)c1. The molecule has 0 aliphatic rings. The predicted molar refractivity (Wildman–Crippen MR) is 102 cm³/mol. The van der Waals surface area contributed by atoms with Crippen molar-refractivity contribution in [1.29, 1.82) is 0 Å². The average Bonchev–Trinajstić information content (AvgIpc) is 2.61. The summed E-state index contributed by atoms with van der Waals surface area (Å²) in [4.78, 5) is 24.0. The van der Waals surface area contributed by atoms with Crippen molar-refractivity contribution < 1.29 is 19.1 Å². The van der Waals surface area contributed by atoms with E-state index in [0.717, 1.165) is 0 Å². The van der Waals surface area contributed by atoms with E-state index in [1.165, 1.54) is 14.2 Å². The Morgan fingerprint density at radius 3 is 2.48 bits per heavy atom. The van der Waals surface area contributed by atoms with E-state index < -0.39 is 11.9 Å². The van der Waals surface area contributed by atoms with Crippen molar-refractivity contribution in [2.24, 2.45) is 0 Å². The quantitative estimate of drug-likeness (QED) is 0.580. The van der Waals surface area contributed by atoms with E-state index in [4.69, 9.17) is 21.7 Å². The molecule has 0 saturated heterocycles. The zero-order valence-electron chi connectivity index (χ0n) is 13.5. The minimum Gasteiger partial charge on any atom is -0.496 e. The van der Waals surface area contributed by atoms with Crippen LogP contribution in [0.5, 0.6) is 5.75 Å². The normalized spacial score (nSPS) is 9.88. The predicted octanol–water partition coefficient (Wildman–Crippen LogP) is 3.37. The van der Waals surface area contributed by atoms with Crippen LogP contribution in [0.25, 0.3) is 0 Å². The number of methoxy groups -OCH3 is 2. The van der Waals surface area contributed by atoms with Gasteiger partial charge in [-0.2, -0.15) is 0 Å². The minimum absolute atomic E-state index is 0.0632. The first-order chi connectivity index (χ1) is 12.0. The number of ether oxygens (including phenoxy) is 2. The number of hydrogen-bond donors (Lipinski definition) is 2. The number of para-hydroxylation sites is 1. The molecule has 2 rings (SSSR count). The zero-order chi connectivity index (χ0) is 18.4. The van der Waals surface area contributed by atoms with Crippen LogP contribution in [0.4, 0.5) is 5.69 Å². The Kier molecular flexibility index (Phi) is 6.49. The van der Waals surface area contributed by atoms with E-state index in [1.807, 2.05) is 0 Å². The Bertz CT molecular complexity index is 826. The maximum Gasteiger partial charge on any atom is 0.339 e. The van der Waals surface area contributed by atoms with Crippen molar-refractivity contribution in [2.75, 3.05) is 19.5 Å². The molecule has 130 valence electrons. The number of esters is 1. The number of nitrogens with one attached hydrogen (secondary N) is 2. The molecule has 0 spiro atoms. The molecular weight excluding hydrogens is 408 g/mol.